The number of likely N-dealkylation sites (tertiary alicyclic amines) is 1. The van der Waals surface area contributed by atoms with E-state index in [1.54, 1.807) is 26.4 Å². The second-order valence-corrected chi connectivity index (χ2v) is 5.72. The Morgan fingerprint density at radius 2 is 1.88 bits per heavy atom. The standard InChI is InChI=1S/C18H20N2O4/c1-23-16-6-5-14(12-17(16)24-2)15-4-3-9-20(15)18(21)13-7-10-19(22)11-8-13/h5-8,10-12,15H,3-4,9H2,1-2H3. The molecule has 1 saturated heterocycles. The SMILES string of the molecule is COc1ccc(C2CCCN2C(=O)c2cc[n+]([O-])cc2)cc1OC. The summed E-state index contributed by atoms with van der Waals surface area (Å²) in [4.78, 5) is 14.6. The largest absolute Gasteiger partial charge is 0.619 e. The number of hydrogen-bond acceptors (Lipinski definition) is 4. The first kappa shape index (κ1) is 16.1. The molecule has 0 radical (unpaired) electrons. The highest BCUT2D eigenvalue weighted by Gasteiger charge is 2.31. The van der Waals surface area contributed by atoms with Crippen LogP contribution in [0.2, 0.25) is 0 Å². The Hall–Kier alpha value is -2.76. The van der Waals surface area contributed by atoms with Crippen LogP contribution in [0, 0.1) is 5.21 Å². The van der Waals surface area contributed by atoms with Gasteiger partial charge in [-0.05, 0) is 30.5 Å². The van der Waals surface area contributed by atoms with Crippen molar-refractivity contribution in [1.29, 1.82) is 0 Å². The third kappa shape index (κ3) is 2.99. The Bertz CT molecular complexity index is 730. The number of methoxy groups -OCH3 is 2. The molecule has 2 heterocycles. The van der Waals surface area contributed by atoms with Gasteiger partial charge in [0, 0.05) is 18.7 Å². The zero-order valence-corrected chi connectivity index (χ0v) is 13.8. The Morgan fingerprint density at radius 1 is 1.17 bits per heavy atom. The molecule has 3 rings (SSSR count). The smallest absolute Gasteiger partial charge is 0.254 e. The quantitative estimate of drug-likeness (QED) is 0.638. The molecule has 1 aromatic carbocycles. The molecule has 1 amide bonds. The molecule has 126 valence electrons. The molecule has 2 aromatic rings. The van der Waals surface area contributed by atoms with Gasteiger partial charge in [0.15, 0.2) is 23.9 Å². The van der Waals surface area contributed by atoms with Gasteiger partial charge in [-0.3, -0.25) is 4.79 Å². The van der Waals surface area contributed by atoms with Crippen LogP contribution in [-0.4, -0.2) is 31.6 Å². The molecule has 6 heteroatoms. The minimum absolute atomic E-state index is 0.00288. The molecule has 0 saturated carbocycles. The summed E-state index contributed by atoms with van der Waals surface area (Å²) in [5.41, 5.74) is 1.54. The van der Waals surface area contributed by atoms with Crippen molar-refractivity contribution in [2.75, 3.05) is 20.8 Å². The van der Waals surface area contributed by atoms with Gasteiger partial charge < -0.3 is 19.6 Å². The summed E-state index contributed by atoms with van der Waals surface area (Å²) in [6, 6.07) is 8.85. The Morgan fingerprint density at radius 3 is 2.54 bits per heavy atom. The van der Waals surface area contributed by atoms with E-state index in [4.69, 9.17) is 9.47 Å². The van der Waals surface area contributed by atoms with Crippen LogP contribution in [0.5, 0.6) is 11.5 Å². The number of carbonyl (C=O) groups is 1. The monoisotopic (exact) mass is 328 g/mol. The first-order chi connectivity index (χ1) is 11.6. The fourth-order valence-corrected chi connectivity index (χ4v) is 3.14. The predicted molar refractivity (Wildman–Crippen MR) is 88.0 cm³/mol. The van der Waals surface area contributed by atoms with Gasteiger partial charge in [-0.1, -0.05) is 6.07 Å². The van der Waals surface area contributed by atoms with Crippen molar-refractivity contribution < 1.29 is 19.0 Å². The summed E-state index contributed by atoms with van der Waals surface area (Å²) in [5.74, 6) is 1.26. The summed E-state index contributed by atoms with van der Waals surface area (Å²) in [6.07, 6.45) is 4.53. The van der Waals surface area contributed by atoms with Gasteiger partial charge in [0.1, 0.15) is 0 Å². The van der Waals surface area contributed by atoms with Crippen LogP contribution in [0.4, 0.5) is 0 Å². The lowest BCUT2D eigenvalue weighted by atomic mass is 10.0. The Kier molecular flexibility index (Phi) is 4.55. The van der Waals surface area contributed by atoms with E-state index < -0.39 is 0 Å². The van der Waals surface area contributed by atoms with Crippen molar-refractivity contribution in [3.63, 3.8) is 0 Å². The molecule has 1 aliphatic rings. The molecule has 1 fully saturated rings. The van der Waals surface area contributed by atoms with Crippen LogP contribution in [0.15, 0.2) is 42.7 Å². The summed E-state index contributed by atoms with van der Waals surface area (Å²) in [5, 5.41) is 11.1. The third-order valence-corrected chi connectivity index (χ3v) is 4.36. The van der Waals surface area contributed by atoms with E-state index >= 15 is 0 Å². The molecule has 24 heavy (non-hydrogen) atoms. The number of aromatic nitrogens is 1. The fraction of sp³-hybridized carbons (Fsp3) is 0.333. The first-order valence-electron chi connectivity index (χ1n) is 7.85. The highest BCUT2D eigenvalue weighted by atomic mass is 16.5. The van der Waals surface area contributed by atoms with Crippen molar-refractivity contribution in [3.05, 3.63) is 59.1 Å². The fourth-order valence-electron chi connectivity index (χ4n) is 3.14. The molecule has 0 N–H and O–H groups in total. The molecule has 0 aliphatic carbocycles. The van der Waals surface area contributed by atoms with Gasteiger partial charge in [-0.15, -0.1) is 0 Å². The zero-order valence-electron chi connectivity index (χ0n) is 13.8. The van der Waals surface area contributed by atoms with Crippen molar-refractivity contribution >= 4 is 5.91 Å². The second kappa shape index (κ2) is 6.78. The van der Waals surface area contributed by atoms with Crippen LogP contribution < -0.4 is 14.2 Å². The maximum absolute atomic E-state index is 12.8. The predicted octanol–water partition coefficient (Wildman–Crippen LogP) is 2.31. The highest BCUT2D eigenvalue weighted by Crippen LogP contribution is 2.37. The molecule has 1 atom stereocenters. The average molecular weight is 328 g/mol. The Balaban J connectivity index is 1.87. The number of pyridine rings is 1. The van der Waals surface area contributed by atoms with Gasteiger partial charge in [0.25, 0.3) is 5.91 Å². The van der Waals surface area contributed by atoms with E-state index in [1.807, 2.05) is 23.1 Å². The van der Waals surface area contributed by atoms with E-state index in [1.165, 1.54) is 12.4 Å². The molecule has 0 bridgehead atoms. The van der Waals surface area contributed by atoms with Crippen molar-refractivity contribution in [2.24, 2.45) is 0 Å². The zero-order chi connectivity index (χ0) is 17.1. The molecular formula is C18H20N2O4. The third-order valence-electron chi connectivity index (χ3n) is 4.36. The molecule has 1 unspecified atom stereocenters. The van der Waals surface area contributed by atoms with Gasteiger partial charge in [-0.25, -0.2) is 0 Å². The van der Waals surface area contributed by atoms with Gasteiger partial charge in [-0.2, -0.15) is 4.73 Å². The van der Waals surface area contributed by atoms with Crippen molar-refractivity contribution in [1.82, 2.24) is 4.90 Å². The van der Waals surface area contributed by atoms with E-state index in [9.17, 15) is 10.0 Å². The summed E-state index contributed by atoms with van der Waals surface area (Å²) in [7, 11) is 3.20. The van der Waals surface area contributed by atoms with Crippen LogP contribution in [0.3, 0.4) is 0 Å². The second-order valence-electron chi connectivity index (χ2n) is 5.72. The lowest BCUT2D eigenvalue weighted by molar-refractivity contribution is -0.605. The minimum Gasteiger partial charge on any atom is -0.619 e. The van der Waals surface area contributed by atoms with Crippen molar-refractivity contribution in [3.8, 4) is 11.5 Å². The number of amides is 1. The molecule has 6 nitrogen and oxygen atoms in total. The number of rotatable bonds is 4. The van der Waals surface area contributed by atoms with Crippen LogP contribution in [-0.2, 0) is 0 Å². The number of carbonyl (C=O) groups excluding carboxylic acids is 1. The van der Waals surface area contributed by atoms with Gasteiger partial charge in [0.05, 0.1) is 25.8 Å². The average Bonchev–Trinajstić information content (AvgIpc) is 3.10. The highest BCUT2D eigenvalue weighted by molar-refractivity contribution is 5.94. The number of ether oxygens (including phenoxy) is 2. The summed E-state index contributed by atoms with van der Waals surface area (Å²) < 4.78 is 11.3. The maximum atomic E-state index is 12.8. The molecular weight excluding hydrogens is 308 g/mol. The summed E-state index contributed by atoms with van der Waals surface area (Å²) >= 11 is 0. The first-order valence-corrected chi connectivity index (χ1v) is 7.85. The lowest BCUT2D eigenvalue weighted by Gasteiger charge is -2.25. The minimum atomic E-state index is -0.0621. The number of nitrogens with zero attached hydrogens (tertiary/aromatic N) is 2. The van der Waals surface area contributed by atoms with Crippen LogP contribution in [0.25, 0.3) is 0 Å². The van der Waals surface area contributed by atoms with E-state index in [0.29, 0.717) is 28.3 Å². The summed E-state index contributed by atoms with van der Waals surface area (Å²) in [6.45, 7) is 0.699. The van der Waals surface area contributed by atoms with Gasteiger partial charge in [0.2, 0.25) is 0 Å². The molecule has 1 aliphatic heterocycles. The lowest BCUT2D eigenvalue weighted by Crippen LogP contribution is -2.32. The van der Waals surface area contributed by atoms with Crippen LogP contribution in [0.1, 0.15) is 34.8 Å². The normalized spacial score (nSPS) is 16.9. The van der Waals surface area contributed by atoms with Gasteiger partial charge >= 0.3 is 0 Å². The van der Waals surface area contributed by atoms with E-state index in [2.05, 4.69) is 0 Å². The number of benzene rings is 1. The van der Waals surface area contributed by atoms with E-state index in [-0.39, 0.29) is 11.9 Å². The molecule has 0 spiro atoms. The van der Waals surface area contributed by atoms with Crippen molar-refractivity contribution in [2.45, 2.75) is 18.9 Å². The van der Waals surface area contributed by atoms with E-state index in [0.717, 1.165) is 18.4 Å². The Labute approximate surface area is 140 Å². The molecule has 1 aromatic heterocycles. The van der Waals surface area contributed by atoms with Crippen LogP contribution >= 0.6 is 0 Å². The maximum Gasteiger partial charge on any atom is 0.254 e. The topological polar surface area (TPSA) is 65.7 Å². The number of hydrogen-bond donors (Lipinski definition) is 0.